The molecule has 0 unspecified atom stereocenters. The van der Waals surface area contributed by atoms with Crippen molar-refractivity contribution in [3.63, 3.8) is 0 Å². The summed E-state index contributed by atoms with van der Waals surface area (Å²) in [6, 6.07) is 13.1. The van der Waals surface area contributed by atoms with E-state index in [1.807, 2.05) is 57.2 Å². The highest BCUT2D eigenvalue weighted by Gasteiger charge is 2.13. The van der Waals surface area contributed by atoms with E-state index in [0.29, 0.717) is 5.75 Å². The number of nitrogens with zero attached hydrogens (tertiary/aromatic N) is 1. The SMILES string of the molecule is COc1cccc2c(C)cc(=O)n(CCC(=O)Nc3cccc(C)c3C)c12. The van der Waals surface area contributed by atoms with Crippen LogP contribution in [0, 0.1) is 20.8 Å². The lowest BCUT2D eigenvalue weighted by Crippen LogP contribution is -2.24. The van der Waals surface area contributed by atoms with E-state index in [4.69, 9.17) is 4.74 Å². The molecule has 0 aliphatic rings. The van der Waals surface area contributed by atoms with E-state index >= 15 is 0 Å². The van der Waals surface area contributed by atoms with Gasteiger partial charge < -0.3 is 14.6 Å². The van der Waals surface area contributed by atoms with Gasteiger partial charge in [-0.15, -0.1) is 0 Å². The van der Waals surface area contributed by atoms with Gasteiger partial charge in [0.2, 0.25) is 5.91 Å². The van der Waals surface area contributed by atoms with Gasteiger partial charge in [-0.3, -0.25) is 9.59 Å². The van der Waals surface area contributed by atoms with E-state index in [9.17, 15) is 9.59 Å². The molecule has 2 aromatic carbocycles. The van der Waals surface area contributed by atoms with Crippen LogP contribution in [0.4, 0.5) is 5.69 Å². The first-order valence-corrected chi connectivity index (χ1v) is 8.95. The first kappa shape index (κ1) is 18.7. The number of hydrogen-bond acceptors (Lipinski definition) is 3. The Balaban J connectivity index is 1.88. The quantitative estimate of drug-likeness (QED) is 0.745. The molecule has 0 aliphatic carbocycles. The van der Waals surface area contributed by atoms with Crippen molar-refractivity contribution >= 4 is 22.5 Å². The Morgan fingerprint density at radius 3 is 2.56 bits per heavy atom. The van der Waals surface area contributed by atoms with Crippen LogP contribution in [0.1, 0.15) is 23.1 Å². The average molecular weight is 364 g/mol. The largest absolute Gasteiger partial charge is 0.495 e. The average Bonchev–Trinajstić information content (AvgIpc) is 2.65. The molecule has 0 atom stereocenters. The number of aromatic nitrogens is 1. The van der Waals surface area contributed by atoms with Gasteiger partial charge in [0.25, 0.3) is 5.56 Å². The predicted molar refractivity (Wildman–Crippen MR) is 109 cm³/mol. The number of aryl methyl sites for hydroxylation is 3. The summed E-state index contributed by atoms with van der Waals surface area (Å²) in [5.41, 5.74) is 4.46. The minimum Gasteiger partial charge on any atom is -0.495 e. The number of nitrogens with one attached hydrogen (secondary N) is 1. The minimum atomic E-state index is -0.135. The fourth-order valence-corrected chi connectivity index (χ4v) is 3.27. The Kier molecular flexibility index (Phi) is 5.31. The van der Waals surface area contributed by atoms with Gasteiger partial charge in [-0.2, -0.15) is 0 Å². The third-order valence-electron chi connectivity index (χ3n) is 4.96. The summed E-state index contributed by atoms with van der Waals surface area (Å²) in [4.78, 5) is 25.0. The summed E-state index contributed by atoms with van der Waals surface area (Å²) >= 11 is 0. The first-order chi connectivity index (χ1) is 12.9. The maximum Gasteiger partial charge on any atom is 0.251 e. The van der Waals surface area contributed by atoms with Gasteiger partial charge in [0.05, 0.1) is 12.6 Å². The van der Waals surface area contributed by atoms with Crippen LogP contribution in [0.3, 0.4) is 0 Å². The topological polar surface area (TPSA) is 60.3 Å². The molecule has 0 spiro atoms. The number of rotatable bonds is 5. The Morgan fingerprint density at radius 2 is 1.81 bits per heavy atom. The van der Waals surface area contributed by atoms with Crippen molar-refractivity contribution in [2.75, 3.05) is 12.4 Å². The molecule has 140 valence electrons. The fraction of sp³-hybridized carbons (Fsp3) is 0.273. The Bertz CT molecular complexity index is 1070. The number of amides is 1. The maximum atomic E-state index is 12.6. The van der Waals surface area contributed by atoms with Crippen molar-refractivity contribution in [2.45, 2.75) is 33.7 Å². The summed E-state index contributed by atoms with van der Waals surface area (Å²) in [6.45, 7) is 6.18. The fourth-order valence-electron chi connectivity index (χ4n) is 3.27. The monoisotopic (exact) mass is 364 g/mol. The zero-order valence-electron chi connectivity index (χ0n) is 16.1. The van der Waals surface area contributed by atoms with Crippen LogP contribution < -0.4 is 15.6 Å². The lowest BCUT2D eigenvalue weighted by Gasteiger charge is -2.15. The van der Waals surface area contributed by atoms with E-state index in [0.717, 1.165) is 33.3 Å². The van der Waals surface area contributed by atoms with Crippen LogP contribution in [0.15, 0.2) is 47.3 Å². The third kappa shape index (κ3) is 3.72. The van der Waals surface area contributed by atoms with Crippen LogP contribution in [0.2, 0.25) is 0 Å². The van der Waals surface area contributed by atoms with Crippen LogP contribution in [0.5, 0.6) is 5.75 Å². The summed E-state index contributed by atoms with van der Waals surface area (Å²) in [5, 5.41) is 3.89. The molecular weight excluding hydrogens is 340 g/mol. The molecule has 27 heavy (non-hydrogen) atoms. The zero-order chi connectivity index (χ0) is 19.6. The summed E-state index contributed by atoms with van der Waals surface area (Å²) in [6.07, 6.45) is 0.198. The van der Waals surface area contributed by atoms with Gasteiger partial charge in [0.1, 0.15) is 5.75 Å². The number of anilines is 1. The smallest absolute Gasteiger partial charge is 0.251 e. The van der Waals surface area contributed by atoms with Gasteiger partial charge in [0.15, 0.2) is 0 Å². The number of benzene rings is 2. The first-order valence-electron chi connectivity index (χ1n) is 8.95. The second kappa shape index (κ2) is 7.66. The minimum absolute atomic E-state index is 0.126. The third-order valence-corrected chi connectivity index (χ3v) is 4.96. The Hall–Kier alpha value is -3.08. The molecule has 0 saturated carbocycles. The second-order valence-electron chi connectivity index (χ2n) is 6.72. The molecule has 1 aromatic heterocycles. The number of methoxy groups -OCH3 is 1. The summed E-state index contributed by atoms with van der Waals surface area (Å²) in [5.74, 6) is 0.502. The molecule has 1 heterocycles. The molecule has 3 rings (SSSR count). The van der Waals surface area contributed by atoms with Gasteiger partial charge in [-0.05, 0) is 49.6 Å². The molecule has 5 nitrogen and oxygen atoms in total. The highest BCUT2D eigenvalue weighted by molar-refractivity contribution is 5.92. The Morgan fingerprint density at radius 1 is 1.07 bits per heavy atom. The highest BCUT2D eigenvalue weighted by Crippen LogP contribution is 2.26. The maximum absolute atomic E-state index is 12.6. The van der Waals surface area contributed by atoms with E-state index in [2.05, 4.69) is 5.32 Å². The standard InChI is InChI=1S/C22H24N2O3/c1-14-7-5-9-18(16(14)3)23-20(25)11-12-24-21(26)13-15(2)17-8-6-10-19(27-4)22(17)24/h5-10,13H,11-12H2,1-4H3,(H,23,25). The normalized spacial score (nSPS) is 10.8. The van der Waals surface area contributed by atoms with E-state index in [1.54, 1.807) is 17.7 Å². The lowest BCUT2D eigenvalue weighted by molar-refractivity contribution is -0.116. The van der Waals surface area contributed by atoms with Crippen molar-refractivity contribution in [1.82, 2.24) is 4.57 Å². The van der Waals surface area contributed by atoms with E-state index in [-0.39, 0.29) is 24.4 Å². The van der Waals surface area contributed by atoms with Crippen LogP contribution in [0.25, 0.3) is 10.9 Å². The van der Waals surface area contributed by atoms with Crippen LogP contribution in [-0.4, -0.2) is 17.6 Å². The molecule has 0 bridgehead atoms. The Labute approximate surface area is 158 Å². The number of hydrogen-bond donors (Lipinski definition) is 1. The molecular formula is C22H24N2O3. The second-order valence-corrected chi connectivity index (χ2v) is 6.72. The number of fused-ring (bicyclic) bond motifs is 1. The summed E-state index contributed by atoms with van der Waals surface area (Å²) in [7, 11) is 1.58. The number of pyridine rings is 1. The number of carbonyl (C=O) groups is 1. The van der Waals surface area contributed by atoms with Crippen molar-refractivity contribution < 1.29 is 9.53 Å². The molecule has 1 amide bonds. The number of carbonyl (C=O) groups excluding carboxylic acids is 1. The van der Waals surface area contributed by atoms with Crippen LogP contribution in [-0.2, 0) is 11.3 Å². The van der Waals surface area contributed by atoms with E-state index in [1.165, 1.54) is 0 Å². The van der Waals surface area contributed by atoms with Crippen LogP contribution >= 0.6 is 0 Å². The number of para-hydroxylation sites is 1. The van der Waals surface area contributed by atoms with Gasteiger partial charge in [0, 0.05) is 30.1 Å². The van der Waals surface area contributed by atoms with Crippen molar-refractivity contribution in [3.8, 4) is 5.75 Å². The molecule has 0 aliphatic heterocycles. The summed E-state index contributed by atoms with van der Waals surface area (Å²) < 4.78 is 7.06. The molecule has 0 fully saturated rings. The van der Waals surface area contributed by atoms with Crippen molar-refractivity contribution in [1.29, 1.82) is 0 Å². The van der Waals surface area contributed by atoms with Gasteiger partial charge in [-0.1, -0.05) is 24.3 Å². The molecule has 5 heteroatoms. The van der Waals surface area contributed by atoms with E-state index < -0.39 is 0 Å². The molecule has 0 saturated heterocycles. The van der Waals surface area contributed by atoms with Gasteiger partial charge >= 0.3 is 0 Å². The predicted octanol–water partition coefficient (Wildman–Crippen LogP) is 3.96. The van der Waals surface area contributed by atoms with Gasteiger partial charge in [-0.25, -0.2) is 0 Å². The lowest BCUT2D eigenvalue weighted by atomic mass is 10.1. The van der Waals surface area contributed by atoms with Crippen molar-refractivity contribution in [2.24, 2.45) is 0 Å². The van der Waals surface area contributed by atoms with Crippen molar-refractivity contribution in [3.05, 3.63) is 69.5 Å². The molecule has 3 aromatic rings. The molecule has 1 N–H and O–H groups in total. The number of ether oxygens (including phenoxy) is 1. The highest BCUT2D eigenvalue weighted by atomic mass is 16.5. The molecule has 0 radical (unpaired) electrons. The zero-order valence-corrected chi connectivity index (χ0v) is 16.1.